The average molecular weight is 287 g/mol. The third-order valence-electron chi connectivity index (χ3n) is 3.59. The molecule has 0 unspecified atom stereocenters. The number of aryl methyl sites for hydroxylation is 1. The molecule has 0 aliphatic heterocycles. The van der Waals surface area contributed by atoms with Crippen LogP contribution in [0.1, 0.15) is 31.2 Å². The first-order valence-corrected chi connectivity index (χ1v) is 8.00. The summed E-state index contributed by atoms with van der Waals surface area (Å²) in [5.41, 5.74) is 1.05. The first kappa shape index (κ1) is 14.5. The highest BCUT2D eigenvalue weighted by Crippen LogP contribution is 2.29. The Hall–Kier alpha value is -0.920. The second-order valence-corrected chi connectivity index (χ2v) is 6.99. The Bertz CT molecular complexity index is 559. The van der Waals surface area contributed by atoms with Crippen LogP contribution < -0.4 is 4.72 Å². The maximum Gasteiger partial charge on any atom is 0.244 e. The minimum Gasteiger partial charge on any atom is -0.394 e. The number of aromatic nitrogens is 2. The van der Waals surface area contributed by atoms with Crippen molar-refractivity contribution in [1.29, 1.82) is 0 Å². The van der Waals surface area contributed by atoms with Crippen molar-refractivity contribution < 1.29 is 13.5 Å². The van der Waals surface area contributed by atoms with E-state index >= 15 is 0 Å². The molecule has 0 atom stereocenters. The van der Waals surface area contributed by atoms with Gasteiger partial charge in [0.2, 0.25) is 10.0 Å². The van der Waals surface area contributed by atoms with Crippen molar-refractivity contribution in [3.63, 3.8) is 0 Å². The Balaban J connectivity index is 2.24. The highest BCUT2D eigenvalue weighted by molar-refractivity contribution is 7.89. The summed E-state index contributed by atoms with van der Waals surface area (Å²) in [5.74, 6) is 0.590. The zero-order valence-electron chi connectivity index (χ0n) is 11.5. The van der Waals surface area contributed by atoms with E-state index in [0.717, 1.165) is 12.8 Å². The molecule has 1 aliphatic rings. The summed E-state index contributed by atoms with van der Waals surface area (Å²) in [7, 11) is -3.52. The molecule has 0 spiro atoms. The van der Waals surface area contributed by atoms with Crippen LogP contribution in [-0.4, -0.2) is 36.0 Å². The molecule has 19 heavy (non-hydrogen) atoms. The van der Waals surface area contributed by atoms with Crippen molar-refractivity contribution in [2.45, 2.75) is 51.1 Å². The Kier molecular flexibility index (Phi) is 3.98. The summed E-state index contributed by atoms with van der Waals surface area (Å²) < 4.78 is 29.0. The Morgan fingerprint density at radius 3 is 2.58 bits per heavy atom. The first-order valence-electron chi connectivity index (χ1n) is 6.52. The summed E-state index contributed by atoms with van der Waals surface area (Å²) in [6.07, 6.45) is 1.78. The van der Waals surface area contributed by atoms with E-state index in [1.807, 2.05) is 0 Å². The summed E-state index contributed by atoms with van der Waals surface area (Å²) in [6, 6.07) is 0.0417. The summed E-state index contributed by atoms with van der Waals surface area (Å²) >= 11 is 0. The third-order valence-corrected chi connectivity index (χ3v) is 5.36. The highest BCUT2D eigenvalue weighted by Gasteiger charge is 2.32. The number of nitrogens with one attached hydrogen (secondary N) is 1. The minimum atomic E-state index is -3.52. The van der Waals surface area contributed by atoms with Crippen LogP contribution in [0.4, 0.5) is 0 Å². The van der Waals surface area contributed by atoms with Crippen LogP contribution in [0, 0.1) is 19.8 Å². The fourth-order valence-corrected chi connectivity index (χ4v) is 4.33. The molecule has 7 heteroatoms. The van der Waals surface area contributed by atoms with E-state index in [9.17, 15) is 8.42 Å². The van der Waals surface area contributed by atoms with E-state index in [1.54, 1.807) is 13.8 Å². The Labute approximate surface area is 113 Å². The van der Waals surface area contributed by atoms with Gasteiger partial charge in [0.1, 0.15) is 4.90 Å². The van der Waals surface area contributed by atoms with Crippen molar-refractivity contribution in [2.75, 3.05) is 6.61 Å². The molecule has 0 aromatic carbocycles. The van der Waals surface area contributed by atoms with Gasteiger partial charge in [-0.05, 0) is 32.6 Å². The molecule has 1 aromatic rings. The SMILES string of the molecule is Cc1nn(CCO)c(C)c1S(=O)(=O)NC1CC(C)C1. The summed E-state index contributed by atoms with van der Waals surface area (Å²) in [4.78, 5) is 0.250. The molecule has 1 saturated carbocycles. The molecule has 1 fully saturated rings. The van der Waals surface area contributed by atoms with Crippen LogP contribution in [0.2, 0.25) is 0 Å². The predicted molar refractivity (Wildman–Crippen MR) is 71.3 cm³/mol. The third kappa shape index (κ3) is 2.82. The lowest BCUT2D eigenvalue weighted by molar-refractivity contribution is 0.267. The number of aliphatic hydroxyl groups is 1. The zero-order valence-corrected chi connectivity index (χ0v) is 12.4. The summed E-state index contributed by atoms with van der Waals surface area (Å²) in [6.45, 7) is 5.75. The quantitative estimate of drug-likeness (QED) is 0.829. The van der Waals surface area contributed by atoms with Gasteiger partial charge in [0.25, 0.3) is 0 Å². The molecule has 1 aliphatic carbocycles. The minimum absolute atomic E-state index is 0.0417. The standard InChI is InChI=1S/C12H21N3O3S/c1-8-6-11(7-8)14-19(17,18)12-9(2)13-15(4-5-16)10(12)3/h8,11,14,16H,4-7H2,1-3H3. The molecular weight excluding hydrogens is 266 g/mol. The maximum absolute atomic E-state index is 12.4. The van der Waals surface area contributed by atoms with Gasteiger partial charge in [0.05, 0.1) is 24.5 Å². The van der Waals surface area contributed by atoms with Crippen molar-refractivity contribution >= 4 is 10.0 Å². The lowest BCUT2D eigenvalue weighted by Gasteiger charge is -2.32. The van der Waals surface area contributed by atoms with E-state index in [0.29, 0.717) is 23.9 Å². The fourth-order valence-electron chi connectivity index (χ4n) is 2.66. The molecule has 1 aromatic heterocycles. The van der Waals surface area contributed by atoms with E-state index in [-0.39, 0.29) is 17.5 Å². The highest BCUT2D eigenvalue weighted by atomic mass is 32.2. The second-order valence-electron chi connectivity index (χ2n) is 5.34. The van der Waals surface area contributed by atoms with Crippen molar-refractivity contribution in [3.05, 3.63) is 11.4 Å². The van der Waals surface area contributed by atoms with E-state index in [1.165, 1.54) is 4.68 Å². The molecule has 6 nitrogen and oxygen atoms in total. The zero-order chi connectivity index (χ0) is 14.2. The van der Waals surface area contributed by atoms with Gasteiger partial charge in [0, 0.05) is 6.04 Å². The van der Waals surface area contributed by atoms with Gasteiger partial charge in [-0.25, -0.2) is 13.1 Å². The molecule has 0 saturated heterocycles. The molecule has 108 valence electrons. The van der Waals surface area contributed by atoms with Gasteiger partial charge in [-0.15, -0.1) is 0 Å². The number of aliphatic hydroxyl groups excluding tert-OH is 1. The molecule has 0 bridgehead atoms. The smallest absolute Gasteiger partial charge is 0.244 e. The molecule has 0 amide bonds. The van der Waals surface area contributed by atoms with Gasteiger partial charge in [0.15, 0.2) is 0 Å². The monoisotopic (exact) mass is 287 g/mol. The predicted octanol–water partition coefficient (Wildman–Crippen LogP) is 0.569. The molecule has 2 N–H and O–H groups in total. The van der Waals surface area contributed by atoms with Crippen LogP contribution in [0.3, 0.4) is 0 Å². The topological polar surface area (TPSA) is 84.2 Å². The van der Waals surface area contributed by atoms with Crippen LogP contribution in [0.5, 0.6) is 0 Å². The lowest BCUT2D eigenvalue weighted by atomic mass is 9.83. The molecule has 0 radical (unpaired) electrons. The molecule has 2 rings (SSSR count). The van der Waals surface area contributed by atoms with Crippen LogP contribution in [-0.2, 0) is 16.6 Å². The van der Waals surface area contributed by atoms with Gasteiger partial charge in [-0.3, -0.25) is 4.68 Å². The van der Waals surface area contributed by atoms with Crippen LogP contribution >= 0.6 is 0 Å². The van der Waals surface area contributed by atoms with Crippen molar-refractivity contribution in [1.82, 2.24) is 14.5 Å². The Morgan fingerprint density at radius 1 is 1.42 bits per heavy atom. The maximum atomic E-state index is 12.4. The second kappa shape index (κ2) is 5.22. The Morgan fingerprint density at radius 2 is 2.05 bits per heavy atom. The van der Waals surface area contributed by atoms with Crippen molar-refractivity contribution in [3.8, 4) is 0 Å². The molecular formula is C12H21N3O3S. The van der Waals surface area contributed by atoms with Crippen LogP contribution in [0.25, 0.3) is 0 Å². The number of hydrogen-bond donors (Lipinski definition) is 2. The number of nitrogens with zero attached hydrogens (tertiary/aromatic N) is 2. The largest absolute Gasteiger partial charge is 0.394 e. The van der Waals surface area contributed by atoms with Gasteiger partial charge >= 0.3 is 0 Å². The first-order chi connectivity index (χ1) is 8.85. The normalized spacial score (nSPS) is 23.4. The van der Waals surface area contributed by atoms with Gasteiger partial charge < -0.3 is 5.11 Å². The average Bonchev–Trinajstić information content (AvgIpc) is 2.52. The molecule has 1 heterocycles. The van der Waals surface area contributed by atoms with E-state index < -0.39 is 10.0 Å². The van der Waals surface area contributed by atoms with Gasteiger partial charge in [-0.2, -0.15) is 5.10 Å². The fraction of sp³-hybridized carbons (Fsp3) is 0.750. The number of rotatable bonds is 5. The van der Waals surface area contributed by atoms with Crippen molar-refractivity contribution in [2.24, 2.45) is 5.92 Å². The van der Waals surface area contributed by atoms with Gasteiger partial charge in [-0.1, -0.05) is 6.92 Å². The number of sulfonamides is 1. The number of hydrogen-bond acceptors (Lipinski definition) is 4. The van der Waals surface area contributed by atoms with E-state index in [4.69, 9.17) is 5.11 Å². The summed E-state index contributed by atoms with van der Waals surface area (Å²) in [5, 5.41) is 13.1. The van der Waals surface area contributed by atoms with E-state index in [2.05, 4.69) is 16.7 Å². The lowest BCUT2D eigenvalue weighted by Crippen LogP contribution is -2.43. The van der Waals surface area contributed by atoms with Crippen LogP contribution in [0.15, 0.2) is 4.90 Å².